The van der Waals surface area contributed by atoms with E-state index >= 15 is 0 Å². The molecule has 3 rings (SSSR count). The molecule has 1 aliphatic heterocycles. The van der Waals surface area contributed by atoms with Gasteiger partial charge in [-0.1, -0.05) is 59.8 Å². The molecule has 1 aromatic rings. The first-order chi connectivity index (χ1) is 12.7. The van der Waals surface area contributed by atoms with E-state index in [0.717, 1.165) is 36.3 Å². The Kier molecular flexibility index (Phi) is 5.80. The average Bonchev–Trinajstić information content (AvgIpc) is 2.57. The molecule has 0 bridgehead atoms. The molecule has 0 amide bonds. The fourth-order valence-electron chi connectivity index (χ4n) is 5.37. The Balaban J connectivity index is 1.93. The molecule has 2 aliphatic rings. The van der Waals surface area contributed by atoms with E-state index in [1.54, 1.807) is 0 Å². The molecule has 1 saturated carbocycles. The SMILES string of the molecule is CCCCCCC(C)(C)c1cc2c(c(=O)[nH]1)[C@@H]1C[C@H](C)CC[C@@H]1C(C)(C)O2. The first-order valence-electron chi connectivity index (χ1n) is 11.1. The summed E-state index contributed by atoms with van der Waals surface area (Å²) >= 11 is 0. The zero-order valence-electron chi connectivity index (χ0n) is 18.3. The molecule has 2 heterocycles. The molecule has 3 nitrogen and oxygen atoms in total. The molecule has 0 radical (unpaired) electrons. The van der Waals surface area contributed by atoms with Crippen LogP contribution in [-0.4, -0.2) is 10.6 Å². The van der Waals surface area contributed by atoms with Gasteiger partial charge < -0.3 is 9.72 Å². The molecule has 3 heteroatoms. The molecular weight excluding hydrogens is 334 g/mol. The second kappa shape index (κ2) is 7.64. The second-order valence-corrected chi connectivity index (χ2v) is 10.3. The minimum absolute atomic E-state index is 0.0356. The molecule has 0 unspecified atom stereocenters. The molecule has 0 spiro atoms. The van der Waals surface area contributed by atoms with Crippen molar-refractivity contribution in [2.75, 3.05) is 0 Å². The number of aromatic nitrogens is 1. The van der Waals surface area contributed by atoms with Gasteiger partial charge in [-0.25, -0.2) is 0 Å². The summed E-state index contributed by atoms with van der Waals surface area (Å²) in [6, 6.07) is 2.15. The van der Waals surface area contributed by atoms with Gasteiger partial charge in [0.2, 0.25) is 0 Å². The van der Waals surface area contributed by atoms with Gasteiger partial charge >= 0.3 is 0 Å². The summed E-state index contributed by atoms with van der Waals surface area (Å²) < 4.78 is 6.46. The highest BCUT2D eigenvalue weighted by Crippen LogP contribution is 2.52. The highest BCUT2D eigenvalue weighted by molar-refractivity contribution is 5.41. The van der Waals surface area contributed by atoms with Crippen LogP contribution in [0.3, 0.4) is 0 Å². The number of H-pyrrole nitrogens is 1. The normalized spacial score (nSPS) is 26.8. The topological polar surface area (TPSA) is 42.1 Å². The molecule has 1 N–H and O–H groups in total. The summed E-state index contributed by atoms with van der Waals surface area (Å²) in [5.74, 6) is 2.30. The van der Waals surface area contributed by atoms with Crippen molar-refractivity contribution < 1.29 is 4.74 Å². The number of hydrogen-bond donors (Lipinski definition) is 1. The Morgan fingerprint density at radius 2 is 1.96 bits per heavy atom. The van der Waals surface area contributed by atoms with Crippen LogP contribution in [0.25, 0.3) is 0 Å². The molecule has 0 aromatic carbocycles. The Morgan fingerprint density at radius 1 is 1.22 bits per heavy atom. The van der Waals surface area contributed by atoms with E-state index in [4.69, 9.17) is 4.74 Å². The highest BCUT2D eigenvalue weighted by atomic mass is 16.5. The quantitative estimate of drug-likeness (QED) is 0.593. The first kappa shape index (κ1) is 20.5. The first-order valence-corrected chi connectivity index (χ1v) is 11.1. The molecule has 1 fully saturated rings. The van der Waals surface area contributed by atoms with Gasteiger partial charge in [0.25, 0.3) is 5.56 Å². The van der Waals surface area contributed by atoms with E-state index in [2.05, 4.69) is 52.6 Å². The van der Waals surface area contributed by atoms with Crippen LogP contribution >= 0.6 is 0 Å². The van der Waals surface area contributed by atoms with Crippen LogP contribution < -0.4 is 10.3 Å². The Bertz CT molecular complexity index is 716. The van der Waals surface area contributed by atoms with Crippen LogP contribution in [-0.2, 0) is 5.41 Å². The molecule has 27 heavy (non-hydrogen) atoms. The largest absolute Gasteiger partial charge is 0.487 e. The van der Waals surface area contributed by atoms with Crippen molar-refractivity contribution in [3.63, 3.8) is 0 Å². The summed E-state index contributed by atoms with van der Waals surface area (Å²) in [6.45, 7) is 13.5. The third kappa shape index (κ3) is 4.12. The molecule has 3 atom stereocenters. The van der Waals surface area contributed by atoms with E-state index in [1.807, 2.05) is 0 Å². The van der Waals surface area contributed by atoms with Crippen LogP contribution in [0, 0.1) is 11.8 Å². The minimum Gasteiger partial charge on any atom is -0.487 e. The monoisotopic (exact) mass is 373 g/mol. The van der Waals surface area contributed by atoms with Crippen molar-refractivity contribution in [3.8, 4) is 5.75 Å². The molecule has 152 valence electrons. The van der Waals surface area contributed by atoms with Crippen molar-refractivity contribution >= 4 is 0 Å². The van der Waals surface area contributed by atoms with E-state index in [9.17, 15) is 4.79 Å². The van der Waals surface area contributed by atoms with Crippen LogP contribution in [0.5, 0.6) is 5.75 Å². The van der Waals surface area contributed by atoms with Gasteiger partial charge in [-0.15, -0.1) is 0 Å². The summed E-state index contributed by atoms with van der Waals surface area (Å²) in [4.78, 5) is 16.4. The molecule has 0 saturated heterocycles. The zero-order chi connectivity index (χ0) is 19.8. The number of rotatable bonds is 6. The van der Waals surface area contributed by atoms with E-state index < -0.39 is 0 Å². The number of hydrogen-bond acceptors (Lipinski definition) is 2. The predicted molar refractivity (Wildman–Crippen MR) is 113 cm³/mol. The van der Waals surface area contributed by atoms with Gasteiger partial charge in [-0.05, 0) is 44.9 Å². The van der Waals surface area contributed by atoms with Crippen LogP contribution in [0.1, 0.15) is 110 Å². The van der Waals surface area contributed by atoms with Crippen LogP contribution in [0.15, 0.2) is 10.9 Å². The minimum atomic E-state index is -0.200. The molecule has 1 aromatic heterocycles. The summed E-state index contributed by atoms with van der Waals surface area (Å²) in [5, 5.41) is 0. The maximum Gasteiger partial charge on any atom is 0.255 e. The van der Waals surface area contributed by atoms with Crippen molar-refractivity contribution in [3.05, 3.63) is 27.7 Å². The van der Waals surface area contributed by atoms with Gasteiger partial charge in [0.15, 0.2) is 0 Å². The van der Waals surface area contributed by atoms with E-state index in [0.29, 0.717) is 17.8 Å². The highest BCUT2D eigenvalue weighted by Gasteiger charge is 2.47. The summed E-state index contributed by atoms with van der Waals surface area (Å²) in [7, 11) is 0. The Labute approximate surface area is 165 Å². The van der Waals surface area contributed by atoms with Gasteiger partial charge in [-0.2, -0.15) is 0 Å². The fourth-order valence-corrected chi connectivity index (χ4v) is 5.37. The lowest BCUT2D eigenvalue weighted by atomic mass is 9.64. The third-order valence-corrected chi connectivity index (χ3v) is 7.17. The zero-order valence-corrected chi connectivity index (χ0v) is 18.3. The second-order valence-electron chi connectivity index (χ2n) is 10.3. The van der Waals surface area contributed by atoms with Crippen molar-refractivity contribution in [1.82, 2.24) is 4.98 Å². The van der Waals surface area contributed by atoms with Crippen molar-refractivity contribution in [2.45, 2.75) is 110 Å². The number of aromatic amines is 1. The van der Waals surface area contributed by atoms with Gasteiger partial charge in [0.1, 0.15) is 11.4 Å². The lowest BCUT2D eigenvalue weighted by Crippen LogP contribution is -2.48. The van der Waals surface area contributed by atoms with Gasteiger partial charge in [0, 0.05) is 23.1 Å². The number of ether oxygens (including phenoxy) is 1. The number of pyridine rings is 1. The standard InChI is InChI=1S/C24H39NO2/c1-7-8-9-10-13-23(3,4)20-15-19-21(22(26)25-20)17-14-16(2)11-12-18(17)24(5,6)27-19/h15-18H,7-14H2,1-6H3,(H,25,26)/t16-,17-,18+/m1/s1. The number of fused-ring (bicyclic) bond motifs is 3. The Hall–Kier alpha value is -1.25. The summed E-state index contributed by atoms with van der Waals surface area (Å²) in [5.41, 5.74) is 1.79. The number of unbranched alkanes of at least 4 members (excludes halogenated alkanes) is 3. The fraction of sp³-hybridized carbons (Fsp3) is 0.792. The van der Waals surface area contributed by atoms with E-state index in [-0.39, 0.29) is 16.6 Å². The van der Waals surface area contributed by atoms with Crippen molar-refractivity contribution in [2.24, 2.45) is 11.8 Å². The summed E-state index contributed by atoms with van der Waals surface area (Å²) in [6.07, 6.45) is 9.60. The maximum absolute atomic E-state index is 13.1. The van der Waals surface area contributed by atoms with Crippen molar-refractivity contribution in [1.29, 1.82) is 0 Å². The molecular formula is C24H39NO2. The lowest BCUT2D eigenvalue weighted by Gasteiger charge is -2.48. The van der Waals surface area contributed by atoms with Crippen LogP contribution in [0.4, 0.5) is 0 Å². The van der Waals surface area contributed by atoms with Gasteiger partial charge in [-0.3, -0.25) is 4.79 Å². The van der Waals surface area contributed by atoms with E-state index in [1.165, 1.54) is 32.1 Å². The smallest absolute Gasteiger partial charge is 0.255 e. The lowest BCUT2D eigenvalue weighted by molar-refractivity contribution is -0.0145. The third-order valence-electron chi connectivity index (χ3n) is 7.17. The van der Waals surface area contributed by atoms with Crippen LogP contribution in [0.2, 0.25) is 0 Å². The Morgan fingerprint density at radius 3 is 2.67 bits per heavy atom. The predicted octanol–water partition coefficient (Wildman–Crippen LogP) is 6.31. The average molecular weight is 374 g/mol. The number of nitrogens with one attached hydrogen (secondary N) is 1. The van der Waals surface area contributed by atoms with Gasteiger partial charge in [0.05, 0.1) is 5.56 Å². The maximum atomic E-state index is 13.1. The molecule has 1 aliphatic carbocycles.